The van der Waals surface area contributed by atoms with Crippen molar-refractivity contribution in [1.29, 1.82) is 0 Å². The van der Waals surface area contributed by atoms with E-state index in [1.165, 1.54) is 24.8 Å². The second kappa shape index (κ2) is 5.22. The number of ether oxygens (including phenoxy) is 1. The summed E-state index contributed by atoms with van der Waals surface area (Å²) in [5.41, 5.74) is 1.33. The molecule has 3 atom stereocenters. The van der Waals surface area contributed by atoms with Crippen LogP contribution < -0.4 is 10.1 Å². The van der Waals surface area contributed by atoms with Gasteiger partial charge in [-0.2, -0.15) is 0 Å². The summed E-state index contributed by atoms with van der Waals surface area (Å²) >= 11 is 3.51. The summed E-state index contributed by atoms with van der Waals surface area (Å²) in [4.78, 5) is 0. The molecule has 0 spiro atoms. The van der Waals surface area contributed by atoms with Crippen LogP contribution >= 0.6 is 15.9 Å². The first-order valence-corrected chi connectivity index (χ1v) is 7.70. The number of fused-ring (bicyclic) bond motifs is 1. The molecule has 1 aliphatic heterocycles. The zero-order chi connectivity index (χ0) is 12.5. The average molecular weight is 310 g/mol. The molecule has 3 unspecified atom stereocenters. The summed E-state index contributed by atoms with van der Waals surface area (Å²) in [7, 11) is 0. The number of rotatable bonds is 3. The standard InChI is InChI=1S/C15H20BrNO/c1-10-3-2-4-14(10)17-9-13-8-11-7-12(16)5-6-15(11)18-13/h5-7,10,13-14,17H,2-4,8-9H2,1H3. The Balaban J connectivity index is 1.54. The highest BCUT2D eigenvalue weighted by Gasteiger charge is 2.27. The van der Waals surface area contributed by atoms with E-state index in [1.807, 2.05) is 6.07 Å². The Morgan fingerprint density at radius 3 is 3.06 bits per heavy atom. The van der Waals surface area contributed by atoms with Crippen molar-refractivity contribution >= 4 is 15.9 Å². The molecule has 1 saturated carbocycles. The molecule has 3 heteroatoms. The van der Waals surface area contributed by atoms with Crippen LogP contribution in [0.2, 0.25) is 0 Å². The molecule has 0 aromatic heterocycles. The normalized spacial score (nSPS) is 30.2. The number of halogens is 1. The van der Waals surface area contributed by atoms with Crippen LogP contribution in [0.1, 0.15) is 31.7 Å². The Morgan fingerprint density at radius 1 is 1.39 bits per heavy atom. The molecule has 1 aliphatic carbocycles. The van der Waals surface area contributed by atoms with Gasteiger partial charge in [0.25, 0.3) is 0 Å². The third-order valence-electron chi connectivity index (χ3n) is 4.23. The van der Waals surface area contributed by atoms with Gasteiger partial charge in [-0.1, -0.05) is 29.3 Å². The van der Waals surface area contributed by atoms with Gasteiger partial charge in [0.2, 0.25) is 0 Å². The molecule has 2 aliphatic rings. The zero-order valence-electron chi connectivity index (χ0n) is 10.8. The van der Waals surface area contributed by atoms with Gasteiger partial charge < -0.3 is 10.1 Å². The van der Waals surface area contributed by atoms with Gasteiger partial charge in [0.05, 0.1) is 0 Å². The molecule has 1 N–H and O–H groups in total. The van der Waals surface area contributed by atoms with E-state index in [1.54, 1.807) is 0 Å². The SMILES string of the molecule is CC1CCCC1NCC1Cc2cc(Br)ccc2O1. The molecule has 0 amide bonds. The van der Waals surface area contributed by atoms with Crippen LogP contribution in [0, 0.1) is 5.92 Å². The average Bonchev–Trinajstić information content (AvgIpc) is 2.92. The summed E-state index contributed by atoms with van der Waals surface area (Å²) in [5.74, 6) is 1.88. The maximum Gasteiger partial charge on any atom is 0.123 e. The van der Waals surface area contributed by atoms with E-state index in [4.69, 9.17) is 4.74 Å². The number of hydrogen-bond acceptors (Lipinski definition) is 2. The molecule has 0 radical (unpaired) electrons. The summed E-state index contributed by atoms with van der Waals surface area (Å²) < 4.78 is 7.12. The Kier molecular flexibility index (Phi) is 3.62. The van der Waals surface area contributed by atoms with Crippen LogP contribution in [0.3, 0.4) is 0 Å². The minimum atomic E-state index is 0.307. The minimum Gasteiger partial charge on any atom is -0.488 e. The summed E-state index contributed by atoms with van der Waals surface area (Å²) in [6, 6.07) is 6.99. The highest BCUT2D eigenvalue weighted by Crippen LogP contribution is 2.31. The van der Waals surface area contributed by atoms with Gasteiger partial charge in [-0.05, 0) is 42.5 Å². The summed E-state index contributed by atoms with van der Waals surface area (Å²) in [5, 5.41) is 3.69. The predicted octanol–water partition coefficient (Wildman–Crippen LogP) is 3.53. The lowest BCUT2D eigenvalue weighted by Crippen LogP contribution is -2.38. The van der Waals surface area contributed by atoms with Crippen LogP contribution in [0.4, 0.5) is 0 Å². The van der Waals surface area contributed by atoms with Crippen LogP contribution in [0.15, 0.2) is 22.7 Å². The van der Waals surface area contributed by atoms with Crippen molar-refractivity contribution in [3.8, 4) is 5.75 Å². The summed E-state index contributed by atoms with van der Waals surface area (Å²) in [6.45, 7) is 3.33. The lowest BCUT2D eigenvalue weighted by molar-refractivity contribution is 0.217. The Hall–Kier alpha value is -0.540. The molecule has 98 valence electrons. The number of hydrogen-bond donors (Lipinski definition) is 1. The van der Waals surface area contributed by atoms with Gasteiger partial charge in [-0.25, -0.2) is 0 Å². The van der Waals surface area contributed by atoms with Gasteiger partial charge in [-0.15, -0.1) is 0 Å². The van der Waals surface area contributed by atoms with Crippen molar-refractivity contribution in [3.05, 3.63) is 28.2 Å². The van der Waals surface area contributed by atoms with Crippen molar-refractivity contribution in [1.82, 2.24) is 5.32 Å². The molecule has 1 heterocycles. The first-order valence-electron chi connectivity index (χ1n) is 6.91. The Bertz CT molecular complexity index is 435. The van der Waals surface area contributed by atoms with E-state index in [-0.39, 0.29) is 0 Å². The molecule has 0 saturated heterocycles. The second-order valence-electron chi connectivity index (χ2n) is 5.62. The van der Waals surface area contributed by atoms with Gasteiger partial charge in [-0.3, -0.25) is 0 Å². The number of benzene rings is 1. The third-order valence-corrected chi connectivity index (χ3v) is 4.73. The zero-order valence-corrected chi connectivity index (χ0v) is 12.4. The van der Waals surface area contributed by atoms with E-state index in [2.05, 4.69) is 40.3 Å². The molecule has 1 aromatic carbocycles. The fourth-order valence-corrected chi connectivity index (χ4v) is 3.54. The highest BCUT2D eigenvalue weighted by molar-refractivity contribution is 9.10. The first kappa shape index (κ1) is 12.5. The molecular weight excluding hydrogens is 290 g/mol. The molecule has 3 rings (SSSR count). The largest absolute Gasteiger partial charge is 0.488 e. The highest BCUT2D eigenvalue weighted by atomic mass is 79.9. The van der Waals surface area contributed by atoms with E-state index in [0.717, 1.165) is 29.1 Å². The fraction of sp³-hybridized carbons (Fsp3) is 0.600. The van der Waals surface area contributed by atoms with Crippen molar-refractivity contribution in [3.63, 3.8) is 0 Å². The molecule has 1 aromatic rings. The fourth-order valence-electron chi connectivity index (χ4n) is 3.13. The number of nitrogens with one attached hydrogen (secondary N) is 1. The smallest absolute Gasteiger partial charge is 0.123 e. The lowest BCUT2D eigenvalue weighted by Gasteiger charge is -2.20. The van der Waals surface area contributed by atoms with Gasteiger partial charge in [0.15, 0.2) is 0 Å². The van der Waals surface area contributed by atoms with E-state index < -0.39 is 0 Å². The van der Waals surface area contributed by atoms with Crippen molar-refractivity contribution in [2.45, 2.75) is 44.8 Å². The van der Waals surface area contributed by atoms with Crippen LogP contribution in [0.5, 0.6) is 5.75 Å². The molecule has 2 nitrogen and oxygen atoms in total. The summed E-state index contributed by atoms with van der Waals surface area (Å²) in [6.07, 6.45) is 5.41. The Labute approximate surface area is 117 Å². The maximum atomic E-state index is 5.97. The first-order chi connectivity index (χ1) is 8.72. The van der Waals surface area contributed by atoms with Crippen LogP contribution in [-0.4, -0.2) is 18.7 Å². The molecule has 0 bridgehead atoms. The van der Waals surface area contributed by atoms with Crippen molar-refractivity contribution in [2.24, 2.45) is 5.92 Å². The monoisotopic (exact) mass is 309 g/mol. The third kappa shape index (κ3) is 2.57. The molecule has 1 fully saturated rings. The van der Waals surface area contributed by atoms with Crippen LogP contribution in [0.25, 0.3) is 0 Å². The van der Waals surface area contributed by atoms with Gasteiger partial charge >= 0.3 is 0 Å². The van der Waals surface area contributed by atoms with Crippen LogP contribution in [-0.2, 0) is 6.42 Å². The van der Waals surface area contributed by atoms with Crippen molar-refractivity contribution < 1.29 is 4.74 Å². The van der Waals surface area contributed by atoms with E-state index in [0.29, 0.717) is 12.1 Å². The lowest BCUT2D eigenvalue weighted by atomic mass is 10.1. The molecule has 18 heavy (non-hydrogen) atoms. The predicted molar refractivity (Wildman–Crippen MR) is 77.1 cm³/mol. The van der Waals surface area contributed by atoms with E-state index >= 15 is 0 Å². The topological polar surface area (TPSA) is 21.3 Å². The Morgan fingerprint density at radius 2 is 2.28 bits per heavy atom. The van der Waals surface area contributed by atoms with Gasteiger partial charge in [0.1, 0.15) is 11.9 Å². The minimum absolute atomic E-state index is 0.307. The van der Waals surface area contributed by atoms with E-state index in [9.17, 15) is 0 Å². The quantitative estimate of drug-likeness (QED) is 0.922. The van der Waals surface area contributed by atoms with Gasteiger partial charge in [0, 0.05) is 23.5 Å². The van der Waals surface area contributed by atoms with Crippen molar-refractivity contribution in [2.75, 3.05) is 6.54 Å². The molecular formula is C15H20BrNO. The second-order valence-corrected chi connectivity index (χ2v) is 6.53. The maximum absolute atomic E-state index is 5.97.